The summed E-state index contributed by atoms with van der Waals surface area (Å²) in [5, 5.41) is 15.2. The van der Waals surface area contributed by atoms with Gasteiger partial charge < -0.3 is 5.32 Å². The van der Waals surface area contributed by atoms with Gasteiger partial charge in [-0.2, -0.15) is 5.10 Å². The van der Waals surface area contributed by atoms with Crippen LogP contribution in [0.3, 0.4) is 0 Å². The molecule has 1 aliphatic rings. The van der Waals surface area contributed by atoms with Crippen molar-refractivity contribution in [3.05, 3.63) is 35.3 Å². The lowest BCUT2D eigenvalue weighted by Gasteiger charge is -2.04. The third-order valence-electron chi connectivity index (χ3n) is 3.02. The van der Waals surface area contributed by atoms with Crippen LogP contribution in [0.4, 0.5) is 0 Å². The zero-order chi connectivity index (χ0) is 13.4. The average Bonchev–Trinajstić information content (AvgIpc) is 3.13. The van der Waals surface area contributed by atoms with Crippen molar-refractivity contribution in [2.75, 3.05) is 0 Å². The molecular weight excluding hydrogens is 242 g/mol. The van der Waals surface area contributed by atoms with Crippen molar-refractivity contribution in [3.63, 3.8) is 0 Å². The highest BCUT2D eigenvalue weighted by molar-refractivity contribution is 5.92. The molecule has 0 aliphatic heterocycles. The maximum Gasteiger partial charge on any atom is 0.272 e. The summed E-state index contributed by atoms with van der Waals surface area (Å²) < 4.78 is 1.71. The zero-order valence-electron chi connectivity index (χ0n) is 10.9. The summed E-state index contributed by atoms with van der Waals surface area (Å²) in [6.07, 6.45) is 2.12. The molecule has 0 bridgehead atoms. The van der Waals surface area contributed by atoms with Gasteiger partial charge in [-0.25, -0.2) is 4.68 Å². The lowest BCUT2D eigenvalue weighted by Crippen LogP contribution is -2.26. The molecule has 0 spiro atoms. The summed E-state index contributed by atoms with van der Waals surface area (Å²) >= 11 is 0. The van der Waals surface area contributed by atoms with Gasteiger partial charge >= 0.3 is 0 Å². The van der Waals surface area contributed by atoms with Gasteiger partial charge in [-0.15, -0.1) is 10.2 Å². The van der Waals surface area contributed by atoms with Gasteiger partial charge in [0.25, 0.3) is 5.91 Å². The Morgan fingerprint density at radius 1 is 1.32 bits per heavy atom. The maximum absolute atomic E-state index is 11.8. The molecule has 0 saturated heterocycles. The van der Waals surface area contributed by atoms with Gasteiger partial charge in [-0.05, 0) is 44.9 Å². The maximum atomic E-state index is 11.8. The molecule has 0 unspecified atom stereocenters. The Bertz CT molecular complexity index is 612. The number of nitrogens with one attached hydrogen (secondary N) is 1. The van der Waals surface area contributed by atoms with E-state index in [0.29, 0.717) is 17.6 Å². The minimum atomic E-state index is -0.157. The van der Waals surface area contributed by atoms with E-state index in [4.69, 9.17) is 0 Å². The second-order valence-corrected chi connectivity index (χ2v) is 4.86. The van der Waals surface area contributed by atoms with E-state index in [0.717, 1.165) is 24.2 Å². The number of amides is 1. The van der Waals surface area contributed by atoms with Crippen LogP contribution in [-0.2, 0) is 0 Å². The van der Waals surface area contributed by atoms with Crippen molar-refractivity contribution < 1.29 is 4.79 Å². The highest BCUT2D eigenvalue weighted by Crippen LogP contribution is 2.19. The van der Waals surface area contributed by atoms with E-state index in [9.17, 15) is 4.79 Å². The first-order valence-electron chi connectivity index (χ1n) is 6.32. The molecule has 6 nitrogen and oxygen atoms in total. The summed E-state index contributed by atoms with van der Waals surface area (Å²) in [5.74, 6) is 0.462. The molecule has 1 N–H and O–H groups in total. The van der Waals surface area contributed by atoms with Crippen molar-refractivity contribution in [2.45, 2.75) is 32.7 Å². The van der Waals surface area contributed by atoms with Gasteiger partial charge in [0.15, 0.2) is 11.5 Å². The Morgan fingerprint density at radius 2 is 2.11 bits per heavy atom. The van der Waals surface area contributed by atoms with Crippen LogP contribution in [0.25, 0.3) is 5.82 Å². The standard InChI is InChI=1S/C13H15N5O/c1-8-7-9(2)18(17-8)12-6-5-11(15-16-12)13(19)14-10-3-4-10/h5-7,10H,3-4H2,1-2H3,(H,14,19). The molecular formula is C13H15N5O. The van der Waals surface area contributed by atoms with Gasteiger partial charge in [0.05, 0.1) is 5.69 Å². The topological polar surface area (TPSA) is 72.7 Å². The van der Waals surface area contributed by atoms with Crippen LogP contribution >= 0.6 is 0 Å². The largest absolute Gasteiger partial charge is 0.348 e. The minimum absolute atomic E-state index is 0.157. The number of aryl methyl sites for hydroxylation is 2. The van der Waals surface area contributed by atoms with Crippen LogP contribution < -0.4 is 5.32 Å². The van der Waals surface area contributed by atoms with E-state index in [-0.39, 0.29) is 5.91 Å². The Morgan fingerprint density at radius 3 is 2.63 bits per heavy atom. The summed E-state index contributed by atoms with van der Waals surface area (Å²) in [6.45, 7) is 3.88. The van der Waals surface area contributed by atoms with Gasteiger partial charge in [0, 0.05) is 11.7 Å². The molecule has 19 heavy (non-hydrogen) atoms. The first kappa shape index (κ1) is 11.8. The van der Waals surface area contributed by atoms with Gasteiger partial charge in [0.2, 0.25) is 0 Å². The highest BCUT2D eigenvalue weighted by Gasteiger charge is 2.24. The summed E-state index contributed by atoms with van der Waals surface area (Å²) in [7, 11) is 0. The first-order valence-corrected chi connectivity index (χ1v) is 6.32. The number of nitrogens with zero attached hydrogens (tertiary/aromatic N) is 4. The van der Waals surface area contributed by atoms with Gasteiger partial charge in [-0.1, -0.05) is 0 Å². The molecule has 2 aromatic heterocycles. The predicted molar refractivity (Wildman–Crippen MR) is 69.1 cm³/mol. The van der Waals surface area contributed by atoms with E-state index in [2.05, 4.69) is 20.6 Å². The van der Waals surface area contributed by atoms with E-state index >= 15 is 0 Å². The lowest BCUT2D eigenvalue weighted by molar-refractivity contribution is 0.0945. The first-order chi connectivity index (χ1) is 9.13. The molecule has 0 aromatic carbocycles. The van der Waals surface area contributed by atoms with E-state index in [1.807, 2.05) is 19.9 Å². The molecule has 1 aliphatic carbocycles. The molecule has 3 rings (SSSR count). The summed E-state index contributed by atoms with van der Waals surface area (Å²) in [5.41, 5.74) is 2.26. The molecule has 1 fully saturated rings. The third-order valence-corrected chi connectivity index (χ3v) is 3.02. The van der Waals surface area contributed by atoms with Crippen LogP contribution in [0, 0.1) is 13.8 Å². The Labute approximate surface area is 110 Å². The van der Waals surface area contributed by atoms with Crippen molar-refractivity contribution in [1.82, 2.24) is 25.3 Å². The highest BCUT2D eigenvalue weighted by atomic mass is 16.2. The van der Waals surface area contributed by atoms with Crippen LogP contribution in [0.5, 0.6) is 0 Å². The zero-order valence-corrected chi connectivity index (χ0v) is 10.9. The molecule has 0 atom stereocenters. The molecule has 1 saturated carbocycles. The normalized spacial score (nSPS) is 14.4. The summed E-state index contributed by atoms with van der Waals surface area (Å²) in [6, 6.07) is 5.73. The van der Waals surface area contributed by atoms with Crippen molar-refractivity contribution >= 4 is 5.91 Å². The smallest absolute Gasteiger partial charge is 0.272 e. The van der Waals surface area contributed by atoms with Crippen molar-refractivity contribution in [1.29, 1.82) is 0 Å². The van der Waals surface area contributed by atoms with E-state index in [1.54, 1.807) is 16.8 Å². The fourth-order valence-corrected chi connectivity index (χ4v) is 1.91. The Hall–Kier alpha value is -2.24. The predicted octanol–water partition coefficient (Wildman–Crippen LogP) is 1.17. The second kappa shape index (κ2) is 4.46. The minimum Gasteiger partial charge on any atom is -0.348 e. The Kier molecular flexibility index (Phi) is 2.77. The van der Waals surface area contributed by atoms with Gasteiger partial charge in [0.1, 0.15) is 0 Å². The van der Waals surface area contributed by atoms with Crippen molar-refractivity contribution in [2.24, 2.45) is 0 Å². The lowest BCUT2D eigenvalue weighted by atomic mass is 10.3. The number of carbonyl (C=O) groups excluding carboxylic acids is 1. The Balaban J connectivity index is 1.81. The molecule has 2 aromatic rings. The van der Waals surface area contributed by atoms with Crippen molar-refractivity contribution in [3.8, 4) is 5.82 Å². The number of aromatic nitrogens is 4. The fourth-order valence-electron chi connectivity index (χ4n) is 1.91. The summed E-state index contributed by atoms with van der Waals surface area (Å²) in [4.78, 5) is 11.8. The monoisotopic (exact) mass is 257 g/mol. The van der Waals surface area contributed by atoms with Crippen LogP contribution in [0.15, 0.2) is 18.2 Å². The third kappa shape index (κ3) is 2.47. The number of hydrogen-bond donors (Lipinski definition) is 1. The SMILES string of the molecule is Cc1cc(C)n(-c2ccc(C(=O)NC3CC3)nn2)n1. The molecule has 0 radical (unpaired) electrons. The fraction of sp³-hybridized carbons (Fsp3) is 0.385. The molecule has 6 heteroatoms. The average molecular weight is 257 g/mol. The molecule has 2 heterocycles. The number of rotatable bonds is 3. The molecule has 98 valence electrons. The quantitative estimate of drug-likeness (QED) is 0.895. The number of carbonyl (C=O) groups is 1. The molecule has 1 amide bonds. The van der Waals surface area contributed by atoms with Crippen LogP contribution in [-0.4, -0.2) is 31.9 Å². The van der Waals surface area contributed by atoms with Gasteiger partial charge in [-0.3, -0.25) is 4.79 Å². The van der Waals surface area contributed by atoms with Crippen LogP contribution in [0.1, 0.15) is 34.7 Å². The number of hydrogen-bond acceptors (Lipinski definition) is 4. The van der Waals surface area contributed by atoms with E-state index < -0.39 is 0 Å². The second-order valence-electron chi connectivity index (χ2n) is 4.86. The van der Waals surface area contributed by atoms with E-state index in [1.165, 1.54) is 0 Å². The van der Waals surface area contributed by atoms with Crippen LogP contribution in [0.2, 0.25) is 0 Å².